The Balaban J connectivity index is 3.55. The summed E-state index contributed by atoms with van der Waals surface area (Å²) in [5, 5.41) is 17.0. The van der Waals surface area contributed by atoms with Crippen molar-refractivity contribution in [2.75, 3.05) is 33.9 Å². The van der Waals surface area contributed by atoms with Gasteiger partial charge in [0, 0.05) is 46.0 Å². The Hall–Kier alpha value is -2.92. The molecule has 0 fully saturated rings. The summed E-state index contributed by atoms with van der Waals surface area (Å²) in [6.07, 6.45) is 2.10. The van der Waals surface area contributed by atoms with Gasteiger partial charge in [-0.1, -0.05) is 6.92 Å². The molecule has 0 aliphatic heterocycles. The summed E-state index contributed by atoms with van der Waals surface area (Å²) in [6.45, 7) is 11.1. The molecule has 0 bridgehead atoms. The Bertz CT molecular complexity index is 1170. The van der Waals surface area contributed by atoms with Crippen LogP contribution < -0.4 is 16.6 Å². The predicted molar refractivity (Wildman–Crippen MR) is 155 cm³/mol. The first-order chi connectivity index (χ1) is 19.2. The molecule has 1 rings (SSSR count). The lowest BCUT2D eigenvalue weighted by Gasteiger charge is -2.44. The van der Waals surface area contributed by atoms with Crippen LogP contribution in [-0.2, 0) is 19.5 Å². The maximum Gasteiger partial charge on any atom is 0.245 e. The van der Waals surface area contributed by atoms with E-state index >= 15 is 8.78 Å². The van der Waals surface area contributed by atoms with Crippen molar-refractivity contribution < 1.29 is 31.8 Å². The summed E-state index contributed by atoms with van der Waals surface area (Å²) in [4.78, 5) is 4.87. The number of aliphatic hydroxyl groups excluding tert-OH is 1. The van der Waals surface area contributed by atoms with Gasteiger partial charge in [-0.25, -0.2) is 31.9 Å². The summed E-state index contributed by atoms with van der Waals surface area (Å²) < 4.78 is 68.4. The highest BCUT2D eigenvalue weighted by molar-refractivity contribution is 7.89. The Morgan fingerprint density at radius 3 is 2.41 bits per heavy atom. The number of halogens is 2. The highest BCUT2D eigenvalue weighted by atomic mass is 32.2. The molecule has 3 atom stereocenters. The molecule has 0 amide bonds. The van der Waals surface area contributed by atoms with E-state index in [1.54, 1.807) is 27.1 Å². The van der Waals surface area contributed by atoms with Crippen LogP contribution in [0.3, 0.4) is 0 Å². The van der Waals surface area contributed by atoms with Crippen LogP contribution in [0.5, 0.6) is 0 Å². The van der Waals surface area contributed by atoms with E-state index in [1.165, 1.54) is 11.9 Å². The first kappa shape index (κ1) is 36.1. The topological polar surface area (TPSA) is 166 Å². The molecule has 0 aliphatic rings. The fraction of sp³-hybridized carbons (Fsp3) is 0.640. The van der Waals surface area contributed by atoms with Crippen LogP contribution in [0.2, 0.25) is 0 Å². The van der Waals surface area contributed by atoms with Crippen molar-refractivity contribution in [1.82, 2.24) is 20.1 Å². The van der Waals surface area contributed by atoms with E-state index in [4.69, 9.17) is 20.3 Å². The lowest BCUT2D eigenvalue weighted by molar-refractivity contribution is -0.150. The van der Waals surface area contributed by atoms with Crippen molar-refractivity contribution in [2.45, 2.75) is 70.9 Å². The lowest BCUT2D eigenvalue weighted by atomic mass is 9.98. The van der Waals surface area contributed by atoms with E-state index in [0.717, 1.165) is 22.8 Å². The maximum atomic E-state index is 15.2. The van der Waals surface area contributed by atoms with Crippen LogP contribution in [0.1, 0.15) is 48.0 Å². The zero-order valence-corrected chi connectivity index (χ0v) is 25.7. The van der Waals surface area contributed by atoms with Crippen molar-refractivity contribution in [3.63, 3.8) is 0 Å². The number of aliphatic hydroxyl groups is 1. The van der Waals surface area contributed by atoms with Gasteiger partial charge >= 0.3 is 0 Å². The van der Waals surface area contributed by atoms with Gasteiger partial charge in [-0.2, -0.15) is 10.2 Å². The average Bonchev–Trinajstić information content (AvgIpc) is 2.90. The first-order valence-corrected chi connectivity index (χ1v) is 14.6. The molecule has 0 aromatic heterocycles. The van der Waals surface area contributed by atoms with Gasteiger partial charge in [0.2, 0.25) is 16.0 Å². The van der Waals surface area contributed by atoms with Crippen LogP contribution in [0.4, 0.5) is 14.5 Å². The molecule has 13 nitrogen and oxygen atoms in total. The third kappa shape index (κ3) is 9.85. The number of nitrogens with zero attached hydrogens (tertiary/aromatic N) is 5. The molecule has 0 heterocycles. The van der Waals surface area contributed by atoms with Crippen molar-refractivity contribution in [3.05, 3.63) is 23.8 Å². The average molecular weight is 607 g/mol. The van der Waals surface area contributed by atoms with E-state index in [2.05, 4.69) is 26.0 Å². The number of benzene rings is 1. The molecule has 5 N–H and O–H groups in total. The number of hydrogen-bond donors (Lipinski definition) is 4. The van der Waals surface area contributed by atoms with Gasteiger partial charge in [0.05, 0.1) is 6.10 Å². The van der Waals surface area contributed by atoms with Gasteiger partial charge in [0.25, 0.3) is 0 Å². The van der Waals surface area contributed by atoms with Gasteiger partial charge in [0.1, 0.15) is 28.9 Å². The third-order valence-electron chi connectivity index (χ3n) is 6.09. The number of sulfonamides is 1. The van der Waals surface area contributed by atoms with E-state index in [1.807, 2.05) is 27.7 Å². The van der Waals surface area contributed by atoms with Crippen LogP contribution in [0.25, 0.3) is 0 Å². The minimum atomic E-state index is -4.36. The van der Waals surface area contributed by atoms with Gasteiger partial charge in [-0.15, -0.1) is 0 Å². The third-order valence-corrected chi connectivity index (χ3v) is 7.96. The standard InChI is InChI=1S/C25H44F2N8O5S/c1-9-39-19(5)32-29-15-18(4)25(6,40-17(2)3)35(8)24(33-30-16-28)31-20-11-12-21(23(27)22(20)26)41(37,38)34(7)13-10-14-36/h11-12,15-19,32,36H,9-10,13-14H2,1-8H3,(H2,28,30)(H,31,33)/b29-15-/t18?,19?,25-/m0/s1. The Kier molecular flexibility index (Phi) is 14.5. The van der Waals surface area contributed by atoms with Crippen LogP contribution in [-0.4, -0.2) is 93.2 Å². The summed E-state index contributed by atoms with van der Waals surface area (Å²) >= 11 is 0. The maximum absolute atomic E-state index is 15.2. The van der Waals surface area contributed by atoms with Crippen LogP contribution in [0.15, 0.2) is 32.2 Å². The molecule has 0 aliphatic carbocycles. The zero-order valence-electron chi connectivity index (χ0n) is 24.9. The Labute approximate surface area is 241 Å². The number of guanidine groups is 1. The van der Waals surface area contributed by atoms with Gasteiger partial charge < -0.3 is 25.2 Å². The largest absolute Gasteiger partial charge is 0.396 e. The molecular weight excluding hydrogens is 562 g/mol. The fourth-order valence-electron chi connectivity index (χ4n) is 3.64. The van der Waals surface area contributed by atoms with E-state index in [0.29, 0.717) is 6.61 Å². The molecule has 1 aromatic carbocycles. The van der Waals surface area contributed by atoms with Crippen molar-refractivity contribution in [3.8, 4) is 0 Å². The number of hydrogen-bond acceptors (Lipinski definition) is 9. The SMILES string of the molecule is CCOC(C)N/N=C\C(C)[C@](C)(OC(C)C)N(C)C(=Nc1ccc(S(=O)(=O)N(C)CCCO)c(F)c1F)N/N=C/N. The quantitative estimate of drug-likeness (QED) is 0.0954. The highest BCUT2D eigenvalue weighted by Gasteiger charge is 2.39. The van der Waals surface area contributed by atoms with E-state index in [9.17, 15) is 8.42 Å². The number of hydrazone groups is 2. The minimum Gasteiger partial charge on any atom is -0.396 e. The monoisotopic (exact) mass is 606 g/mol. The molecule has 2 unspecified atom stereocenters. The summed E-state index contributed by atoms with van der Waals surface area (Å²) in [5.41, 5.74) is 9.21. The second kappa shape index (κ2) is 16.5. The molecule has 0 radical (unpaired) electrons. The Morgan fingerprint density at radius 2 is 1.85 bits per heavy atom. The van der Waals surface area contributed by atoms with E-state index < -0.39 is 43.9 Å². The molecule has 1 aromatic rings. The summed E-state index contributed by atoms with van der Waals surface area (Å²) in [6, 6.07) is 1.97. The van der Waals surface area contributed by atoms with Gasteiger partial charge in [0.15, 0.2) is 11.6 Å². The molecule has 0 saturated heterocycles. The van der Waals surface area contributed by atoms with Crippen molar-refractivity contribution >= 4 is 34.2 Å². The molecular formula is C25H44F2N8O5S. The second-order valence-corrected chi connectivity index (χ2v) is 11.5. The number of rotatable bonds is 16. The zero-order chi connectivity index (χ0) is 31.4. The van der Waals surface area contributed by atoms with Crippen molar-refractivity contribution in [2.24, 2.45) is 26.8 Å². The number of nitrogens with one attached hydrogen (secondary N) is 2. The smallest absolute Gasteiger partial charge is 0.245 e. The van der Waals surface area contributed by atoms with Crippen molar-refractivity contribution in [1.29, 1.82) is 0 Å². The lowest BCUT2D eigenvalue weighted by Crippen LogP contribution is -2.57. The normalized spacial score (nSPS) is 16.0. The second-order valence-electron chi connectivity index (χ2n) is 9.51. The van der Waals surface area contributed by atoms with E-state index in [-0.39, 0.29) is 37.9 Å². The molecule has 41 heavy (non-hydrogen) atoms. The molecule has 0 saturated carbocycles. The fourth-order valence-corrected chi connectivity index (χ4v) is 4.90. The number of nitrogens with two attached hydrogens (primary N) is 1. The number of ether oxygens (including phenoxy) is 2. The summed E-state index contributed by atoms with van der Waals surface area (Å²) in [7, 11) is -1.55. The van der Waals surface area contributed by atoms with Crippen LogP contribution >= 0.6 is 0 Å². The summed E-state index contributed by atoms with van der Waals surface area (Å²) in [5.74, 6) is -3.57. The molecule has 16 heteroatoms. The number of aliphatic imine (C=N–C) groups is 1. The van der Waals surface area contributed by atoms with Gasteiger partial charge in [-0.05, 0) is 53.2 Å². The van der Waals surface area contributed by atoms with Gasteiger partial charge in [-0.3, -0.25) is 5.43 Å². The first-order valence-electron chi connectivity index (χ1n) is 13.1. The molecule has 0 spiro atoms. The minimum absolute atomic E-state index is 0.0776. The highest BCUT2D eigenvalue weighted by Crippen LogP contribution is 2.30. The van der Waals surface area contributed by atoms with Crippen LogP contribution in [0, 0.1) is 17.6 Å². The molecule has 234 valence electrons. The predicted octanol–water partition coefficient (Wildman–Crippen LogP) is 2.11. The Morgan fingerprint density at radius 1 is 1.20 bits per heavy atom.